The molecular formula is C37H62N7O17P3S. The van der Waals surface area contributed by atoms with Gasteiger partial charge in [0.2, 0.25) is 11.8 Å². The first kappa shape index (κ1) is 56.4. The molecule has 0 aromatic carbocycles. The Morgan fingerprint density at radius 1 is 0.969 bits per heavy atom. The highest BCUT2D eigenvalue weighted by Gasteiger charge is 2.50. The fourth-order valence-electron chi connectivity index (χ4n) is 6.22. The third-order valence-electron chi connectivity index (χ3n) is 9.72. The van der Waals surface area contributed by atoms with Crippen molar-refractivity contribution in [3.8, 4) is 0 Å². The highest BCUT2D eigenvalue weighted by molar-refractivity contribution is 8.13. The smallest absolute Gasteiger partial charge is 0.386 e. The Morgan fingerprint density at radius 3 is 2.31 bits per heavy atom. The first-order chi connectivity index (χ1) is 30.6. The number of nitrogens with zero attached hydrogens (tertiary/aromatic N) is 4. The monoisotopic (exact) mass is 1000 g/mol. The van der Waals surface area contributed by atoms with Gasteiger partial charge in [0.25, 0.3) is 0 Å². The molecule has 1 saturated heterocycles. The van der Waals surface area contributed by atoms with Crippen molar-refractivity contribution in [2.24, 2.45) is 5.41 Å². The van der Waals surface area contributed by atoms with Crippen LogP contribution in [0, 0.1) is 5.41 Å². The van der Waals surface area contributed by atoms with E-state index in [1.165, 1.54) is 65.2 Å². The number of ether oxygens (including phenoxy) is 1. The van der Waals surface area contributed by atoms with Crippen LogP contribution in [0.15, 0.2) is 30.5 Å². The molecule has 0 radical (unpaired) electrons. The second kappa shape index (κ2) is 27.2. The van der Waals surface area contributed by atoms with E-state index in [1.807, 2.05) is 6.08 Å². The number of hydrogen-bond donors (Lipinski definition) is 9. The molecule has 24 nitrogen and oxygen atoms in total. The molecule has 368 valence electrons. The molecule has 0 aliphatic carbocycles. The van der Waals surface area contributed by atoms with E-state index in [4.69, 9.17) is 19.5 Å². The number of anilines is 1. The SMILES string of the molecule is CCCCCCCCCCCC=C=CCC(=O)SCCNC(=O)CCNC(=O)[C@H](O)C(C)(C)COP(=O)(O)OP(=O)(O)OC[C@H]1O[C@H](n2cnc3c(N)ncnc32)[C@H](O)[C@@H]1OP(=O)(O)O. The number of aliphatic hydroxyl groups excluding tert-OH is 2. The maximum Gasteiger partial charge on any atom is 0.481 e. The number of phosphoric ester groups is 3. The molecule has 2 amide bonds. The molecule has 1 aliphatic heterocycles. The number of imidazole rings is 1. The van der Waals surface area contributed by atoms with Crippen LogP contribution in [0.5, 0.6) is 0 Å². The fourth-order valence-corrected chi connectivity index (χ4v) is 9.68. The predicted molar refractivity (Wildman–Crippen MR) is 236 cm³/mol. The molecule has 1 fully saturated rings. The molecule has 1 aliphatic rings. The first-order valence-electron chi connectivity index (χ1n) is 21.0. The standard InChI is InChI=1S/C37H62N7O17P3S/c1-4-5-6-7-8-9-10-11-12-13-14-15-16-17-28(46)65-21-20-39-27(45)18-19-40-35(49)32(48)37(2,3)23-58-64(55,56)61-63(53,54)57-22-26-31(60-62(50,51)52)30(47)36(59-26)44-25-43-29-33(38)41-24-42-34(29)44/h14,16,24-26,30-32,36,47-48H,4-13,17-23H2,1-3H3,(H,39,45)(H,40,49)(H,53,54)(H,55,56)(H2,38,41,42)(H2,50,51,52)/t15?,26-,30-,31-,32+,36+/m1/s1. The summed E-state index contributed by atoms with van der Waals surface area (Å²) >= 11 is 1.07. The van der Waals surface area contributed by atoms with Crippen molar-refractivity contribution in [3.63, 3.8) is 0 Å². The number of amides is 2. The normalized spacial score (nSPS) is 20.1. The summed E-state index contributed by atoms with van der Waals surface area (Å²) in [4.78, 5) is 88.1. The van der Waals surface area contributed by atoms with Gasteiger partial charge in [0.1, 0.15) is 36.3 Å². The molecule has 0 spiro atoms. The summed E-state index contributed by atoms with van der Waals surface area (Å²) in [7, 11) is -16.4. The Bertz CT molecular complexity index is 2070. The van der Waals surface area contributed by atoms with Gasteiger partial charge < -0.3 is 50.9 Å². The summed E-state index contributed by atoms with van der Waals surface area (Å²) in [5.41, 5.74) is 7.32. The molecule has 0 bridgehead atoms. The van der Waals surface area contributed by atoms with Crippen LogP contribution >= 0.6 is 35.2 Å². The van der Waals surface area contributed by atoms with E-state index in [2.05, 4.69) is 47.1 Å². The number of nitrogens with one attached hydrogen (secondary N) is 2. The van der Waals surface area contributed by atoms with Crippen molar-refractivity contribution in [2.75, 3.05) is 37.8 Å². The topological polar surface area (TPSA) is 364 Å². The summed E-state index contributed by atoms with van der Waals surface area (Å²) in [5, 5.41) is 26.5. The number of nitrogens with two attached hydrogens (primary N) is 1. The number of aliphatic hydroxyl groups is 2. The van der Waals surface area contributed by atoms with Gasteiger partial charge in [-0.05, 0) is 25.0 Å². The lowest BCUT2D eigenvalue weighted by Crippen LogP contribution is -2.46. The number of nitrogen functional groups attached to an aromatic ring is 1. The highest BCUT2D eigenvalue weighted by atomic mass is 32.2. The number of carbonyl (C=O) groups excluding carboxylic acids is 3. The van der Waals surface area contributed by atoms with Crippen LogP contribution in [0.3, 0.4) is 0 Å². The minimum absolute atomic E-state index is 0.0310. The van der Waals surface area contributed by atoms with Crippen molar-refractivity contribution in [1.82, 2.24) is 30.2 Å². The molecule has 3 heterocycles. The van der Waals surface area contributed by atoms with Crippen molar-refractivity contribution >= 4 is 69.1 Å². The Morgan fingerprint density at radius 2 is 1.63 bits per heavy atom. The molecule has 28 heteroatoms. The van der Waals surface area contributed by atoms with E-state index < -0.39 is 84.6 Å². The van der Waals surface area contributed by atoms with E-state index in [9.17, 15) is 57.9 Å². The molecule has 2 unspecified atom stereocenters. The van der Waals surface area contributed by atoms with Crippen molar-refractivity contribution in [1.29, 1.82) is 0 Å². The zero-order valence-corrected chi connectivity index (χ0v) is 40.0. The zero-order valence-electron chi connectivity index (χ0n) is 36.5. The molecular weight excluding hydrogens is 939 g/mol. The van der Waals surface area contributed by atoms with Gasteiger partial charge >= 0.3 is 23.5 Å². The number of rotatable bonds is 31. The minimum atomic E-state index is -5.58. The van der Waals surface area contributed by atoms with Crippen LogP contribution in [0.2, 0.25) is 0 Å². The number of hydrogen-bond acceptors (Lipinski definition) is 18. The highest BCUT2D eigenvalue weighted by Crippen LogP contribution is 2.61. The van der Waals surface area contributed by atoms with Crippen LogP contribution in [0.25, 0.3) is 11.2 Å². The van der Waals surface area contributed by atoms with E-state index in [1.54, 1.807) is 6.08 Å². The average molecular weight is 1000 g/mol. The number of fused-ring (bicyclic) bond motifs is 1. The summed E-state index contributed by atoms with van der Waals surface area (Å²) in [6, 6.07) is 0. The van der Waals surface area contributed by atoms with Gasteiger partial charge in [0.05, 0.1) is 19.5 Å². The van der Waals surface area contributed by atoms with E-state index >= 15 is 0 Å². The van der Waals surface area contributed by atoms with Crippen LogP contribution in [-0.4, -0.2) is 123 Å². The molecule has 7 atom stereocenters. The molecule has 65 heavy (non-hydrogen) atoms. The molecule has 2 aromatic heterocycles. The molecule has 3 rings (SSSR count). The molecule has 0 saturated carbocycles. The Hall–Kier alpha value is -2.92. The third-order valence-corrected chi connectivity index (χ3v) is 13.7. The summed E-state index contributed by atoms with van der Waals surface area (Å²) in [6.45, 7) is 2.71. The van der Waals surface area contributed by atoms with Crippen LogP contribution in [-0.2, 0) is 50.7 Å². The van der Waals surface area contributed by atoms with E-state index in [0.29, 0.717) is 5.75 Å². The fraction of sp³-hybridized carbons (Fsp3) is 0.703. The second-order valence-corrected chi connectivity index (χ2v) is 21.1. The lowest BCUT2D eigenvalue weighted by Gasteiger charge is -2.30. The summed E-state index contributed by atoms with van der Waals surface area (Å²) in [6.07, 6.45) is 9.17. The number of carbonyl (C=O) groups is 3. The lowest BCUT2D eigenvalue weighted by molar-refractivity contribution is -0.137. The molecule has 10 N–H and O–H groups in total. The first-order valence-corrected chi connectivity index (χ1v) is 26.5. The minimum Gasteiger partial charge on any atom is -0.386 e. The quantitative estimate of drug-likeness (QED) is 0.0295. The Kier molecular flexibility index (Phi) is 23.6. The van der Waals surface area contributed by atoms with Crippen LogP contribution < -0.4 is 16.4 Å². The number of phosphoric acid groups is 3. The summed E-state index contributed by atoms with van der Waals surface area (Å²) in [5.74, 6) is -1.12. The maximum atomic E-state index is 12.7. The van der Waals surface area contributed by atoms with Gasteiger partial charge in [0, 0.05) is 37.1 Å². The van der Waals surface area contributed by atoms with E-state index in [0.717, 1.165) is 41.8 Å². The van der Waals surface area contributed by atoms with Gasteiger partial charge in [-0.3, -0.25) is 32.5 Å². The van der Waals surface area contributed by atoms with Crippen molar-refractivity contribution in [3.05, 3.63) is 30.5 Å². The predicted octanol–water partition coefficient (Wildman–Crippen LogP) is 3.69. The van der Waals surface area contributed by atoms with Gasteiger partial charge in [-0.1, -0.05) is 83.9 Å². The summed E-state index contributed by atoms with van der Waals surface area (Å²) < 4.78 is 62.3. The number of allylic oxidation sites excluding steroid dienone is 1. The second-order valence-electron chi connectivity index (χ2n) is 15.7. The number of thioether (sulfide) groups is 1. The Labute approximate surface area is 381 Å². The molecule has 2 aromatic rings. The largest absolute Gasteiger partial charge is 0.481 e. The maximum absolute atomic E-state index is 12.7. The van der Waals surface area contributed by atoms with Gasteiger partial charge in [-0.25, -0.2) is 28.6 Å². The van der Waals surface area contributed by atoms with Crippen LogP contribution in [0.1, 0.15) is 104 Å². The van der Waals surface area contributed by atoms with Gasteiger partial charge in [0.15, 0.2) is 22.8 Å². The lowest BCUT2D eigenvalue weighted by atomic mass is 9.87. The zero-order chi connectivity index (χ0) is 48.3. The van der Waals surface area contributed by atoms with Crippen LogP contribution in [0.4, 0.5) is 5.82 Å². The third kappa shape index (κ3) is 20.5. The van der Waals surface area contributed by atoms with Gasteiger partial charge in [-0.2, -0.15) is 4.31 Å². The van der Waals surface area contributed by atoms with Crippen molar-refractivity contribution in [2.45, 2.75) is 128 Å². The Balaban J connectivity index is 1.35. The number of unbranched alkanes of at least 4 members (excludes halogenated alkanes) is 9. The van der Waals surface area contributed by atoms with Crippen molar-refractivity contribution < 1.29 is 80.5 Å². The van der Waals surface area contributed by atoms with Gasteiger partial charge in [-0.15, -0.1) is 5.73 Å². The number of aromatic nitrogens is 4. The van der Waals surface area contributed by atoms with E-state index in [-0.39, 0.29) is 48.0 Å². The average Bonchev–Trinajstić information content (AvgIpc) is 3.79.